The van der Waals surface area contributed by atoms with Crippen LogP contribution < -0.4 is 14.8 Å². The second-order valence-electron chi connectivity index (χ2n) is 7.51. The van der Waals surface area contributed by atoms with Crippen LogP contribution in [0.5, 0.6) is 11.5 Å². The molecule has 7 heteroatoms. The first-order valence-electron chi connectivity index (χ1n) is 9.59. The van der Waals surface area contributed by atoms with E-state index in [1.54, 1.807) is 7.11 Å². The second-order valence-corrected chi connectivity index (χ2v) is 8.59. The molecule has 0 atom stereocenters. The number of carbonyl (C=O) groups is 1. The summed E-state index contributed by atoms with van der Waals surface area (Å²) in [5.74, 6) is 3.45. The summed E-state index contributed by atoms with van der Waals surface area (Å²) in [5, 5.41) is 2.95. The Kier molecular flexibility index (Phi) is 5.99. The molecular formula is C22H25NO5S. The zero-order valence-corrected chi connectivity index (χ0v) is 17.4. The van der Waals surface area contributed by atoms with E-state index in [-0.39, 0.29) is 19.1 Å². The van der Waals surface area contributed by atoms with Crippen molar-refractivity contribution < 1.29 is 23.7 Å². The molecule has 1 N–H and O–H groups in total. The van der Waals surface area contributed by atoms with Gasteiger partial charge in [0.1, 0.15) is 17.6 Å². The maximum Gasteiger partial charge on any atom is 0.234 e. The molecule has 0 spiro atoms. The van der Waals surface area contributed by atoms with Crippen molar-refractivity contribution in [2.75, 3.05) is 37.1 Å². The Balaban J connectivity index is 1.34. The number of amides is 1. The summed E-state index contributed by atoms with van der Waals surface area (Å²) in [5.41, 5.74) is 0.757. The highest BCUT2D eigenvalue weighted by atomic mass is 32.2. The van der Waals surface area contributed by atoms with Crippen molar-refractivity contribution in [1.29, 1.82) is 0 Å². The molecule has 0 bridgehead atoms. The Morgan fingerprint density at radius 2 is 1.79 bits per heavy atom. The number of hydrogen-bond acceptors (Lipinski definition) is 6. The van der Waals surface area contributed by atoms with Gasteiger partial charge in [-0.05, 0) is 37.3 Å². The quantitative estimate of drug-likeness (QED) is 0.772. The predicted molar refractivity (Wildman–Crippen MR) is 113 cm³/mol. The van der Waals surface area contributed by atoms with Gasteiger partial charge in [0.25, 0.3) is 0 Å². The summed E-state index contributed by atoms with van der Waals surface area (Å²) >= 11 is 1.88. The number of nitrogens with one attached hydrogen (secondary N) is 1. The van der Waals surface area contributed by atoms with Crippen molar-refractivity contribution in [3.8, 4) is 11.5 Å². The average Bonchev–Trinajstić information content (AvgIpc) is 2.72. The van der Waals surface area contributed by atoms with Gasteiger partial charge >= 0.3 is 0 Å². The molecule has 29 heavy (non-hydrogen) atoms. The monoisotopic (exact) mass is 415 g/mol. The van der Waals surface area contributed by atoms with Crippen molar-refractivity contribution >= 4 is 23.4 Å². The third-order valence-electron chi connectivity index (χ3n) is 5.07. The molecule has 0 radical (unpaired) electrons. The Morgan fingerprint density at radius 1 is 1.10 bits per heavy atom. The summed E-state index contributed by atoms with van der Waals surface area (Å²) in [6.45, 7) is 2.34. The zero-order chi connectivity index (χ0) is 20.3. The van der Waals surface area contributed by atoms with Crippen LogP contribution in [0.25, 0.3) is 0 Å². The summed E-state index contributed by atoms with van der Waals surface area (Å²) in [7, 11) is 1.61. The number of ether oxygens (including phenoxy) is 4. The van der Waals surface area contributed by atoms with Gasteiger partial charge in [-0.25, -0.2) is 0 Å². The van der Waals surface area contributed by atoms with E-state index < -0.39 is 11.7 Å². The van der Waals surface area contributed by atoms with E-state index in [4.69, 9.17) is 18.9 Å². The van der Waals surface area contributed by atoms with Crippen LogP contribution in [0.1, 0.15) is 18.8 Å². The van der Waals surface area contributed by atoms with Crippen molar-refractivity contribution in [1.82, 2.24) is 0 Å². The third-order valence-corrected chi connectivity index (χ3v) is 6.28. The van der Waals surface area contributed by atoms with Gasteiger partial charge < -0.3 is 24.3 Å². The molecule has 1 amide bonds. The number of hydrogen-bond donors (Lipinski definition) is 1. The minimum Gasteiger partial charge on any atom is -0.496 e. The maximum atomic E-state index is 12.8. The van der Waals surface area contributed by atoms with Crippen molar-refractivity contribution in [2.45, 2.75) is 19.3 Å². The highest BCUT2D eigenvalue weighted by molar-refractivity contribution is 8.00. The fourth-order valence-corrected chi connectivity index (χ4v) is 3.72. The van der Waals surface area contributed by atoms with E-state index >= 15 is 0 Å². The van der Waals surface area contributed by atoms with E-state index in [9.17, 15) is 4.79 Å². The Hall–Kier alpha value is -2.22. The number of methoxy groups -OCH3 is 1. The highest BCUT2D eigenvalue weighted by Gasteiger charge is 2.40. The number of benzene rings is 2. The lowest BCUT2D eigenvalue weighted by Gasteiger charge is -2.36. The summed E-state index contributed by atoms with van der Waals surface area (Å²) in [4.78, 5) is 12.8. The highest BCUT2D eigenvalue weighted by Crippen LogP contribution is 2.36. The maximum absolute atomic E-state index is 12.8. The van der Waals surface area contributed by atoms with E-state index in [0.717, 1.165) is 28.5 Å². The van der Waals surface area contributed by atoms with E-state index in [1.165, 1.54) is 0 Å². The molecule has 6 nitrogen and oxygen atoms in total. The predicted octanol–water partition coefficient (Wildman–Crippen LogP) is 3.88. The summed E-state index contributed by atoms with van der Waals surface area (Å²) in [6.07, 6.45) is -0.250. The molecule has 0 saturated carbocycles. The molecule has 2 aliphatic rings. The second kappa shape index (κ2) is 8.65. The van der Waals surface area contributed by atoms with Crippen molar-refractivity contribution in [3.63, 3.8) is 0 Å². The molecule has 2 aromatic carbocycles. The third kappa shape index (κ3) is 4.52. The Bertz CT molecular complexity index is 845. The first-order valence-corrected chi connectivity index (χ1v) is 10.7. The first kappa shape index (κ1) is 20.1. The van der Waals surface area contributed by atoms with Crippen molar-refractivity contribution in [3.05, 3.63) is 54.1 Å². The number of anilines is 1. The normalized spacial score (nSPS) is 24.4. The smallest absolute Gasteiger partial charge is 0.234 e. The lowest BCUT2D eigenvalue weighted by molar-refractivity contribution is -0.226. The fraction of sp³-hybridized carbons (Fsp3) is 0.409. The number of carbonyl (C=O) groups excluding carboxylic acids is 1. The average molecular weight is 416 g/mol. The summed E-state index contributed by atoms with van der Waals surface area (Å²) in [6, 6.07) is 15.0. The van der Waals surface area contributed by atoms with Gasteiger partial charge in [0.05, 0.1) is 25.7 Å². The van der Waals surface area contributed by atoms with Gasteiger partial charge in [0, 0.05) is 22.8 Å². The zero-order valence-electron chi connectivity index (χ0n) is 16.6. The van der Waals surface area contributed by atoms with Crippen LogP contribution in [0.2, 0.25) is 0 Å². The lowest BCUT2D eigenvalue weighted by atomic mass is 9.90. The largest absolute Gasteiger partial charge is 0.496 e. The van der Waals surface area contributed by atoms with E-state index in [0.29, 0.717) is 11.9 Å². The minimum atomic E-state index is -0.781. The summed E-state index contributed by atoms with van der Waals surface area (Å²) < 4.78 is 23.0. The van der Waals surface area contributed by atoms with Crippen LogP contribution in [-0.4, -0.2) is 43.8 Å². The fourth-order valence-electron chi connectivity index (χ4n) is 3.15. The van der Waals surface area contributed by atoms with Crippen LogP contribution in [0.3, 0.4) is 0 Å². The molecule has 2 saturated heterocycles. The molecular weight excluding hydrogens is 390 g/mol. The topological polar surface area (TPSA) is 66.0 Å². The van der Waals surface area contributed by atoms with Gasteiger partial charge in [-0.15, -0.1) is 0 Å². The molecule has 0 unspecified atom stereocenters. The van der Waals surface area contributed by atoms with Crippen LogP contribution in [0.15, 0.2) is 48.5 Å². The van der Waals surface area contributed by atoms with Gasteiger partial charge in [-0.3, -0.25) is 4.79 Å². The van der Waals surface area contributed by atoms with Gasteiger partial charge in [-0.1, -0.05) is 18.2 Å². The Morgan fingerprint density at radius 3 is 2.41 bits per heavy atom. The first-order chi connectivity index (χ1) is 14.1. The molecule has 0 aromatic heterocycles. The minimum absolute atomic E-state index is 0.139. The standard InChI is InChI=1S/C22H25NO5S/c1-22(13-26-20(27-14-22)18-5-3-4-6-19(18)25-2)21(24)23-15-7-9-16(10-8-15)28-17-11-29-12-17/h3-10,17,20H,11-14H2,1-2H3,(H,23,24). The molecule has 0 aliphatic carbocycles. The van der Waals surface area contributed by atoms with Crippen LogP contribution in [0.4, 0.5) is 5.69 Å². The number of thioether (sulfide) groups is 1. The van der Waals surface area contributed by atoms with Gasteiger partial charge in [0.15, 0.2) is 6.29 Å². The molecule has 154 valence electrons. The Labute approximate surface area is 174 Å². The number of para-hydroxylation sites is 1. The van der Waals surface area contributed by atoms with Crippen LogP contribution >= 0.6 is 11.8 Å². The molecule has 2 fully saturated rings. The lowest BCUT2D eigenvalue weighted by Crippen LogP contribution is -2.45. The molecule has 4 rings (SSSR count). The SMILES string of the molecule is COc1ccccc1C1OCC(C)(C(=O)Nc2ccc(OC3CSC3)cc2)CO1. The van der Waals surface area contributed by atoms with Crippen LogP contribution in [0, 0.1) is 5.41 Å². The van der Waals surface area contributed by atoms with Gasteiger partial charge in [0.2, 0.25) is 5.91 Å². The molecule has 2 aromatic rings. The number of rotatable bonds is 6. The van der Waals surface area contributed by atoms with E-state index in [1.807, 2.05) is 67.2 Å². The molecule has 2 heterocycles. The van der Waals surface area contributed by atoms with Gasteiger partial charge in [-0.2, -0.15) is 11.8 Å². The van der Waals surface area contributed by atoms with Crippen molar-refractivity contribution in [2.24, 2.45) is 5.41 Å². The van der Waals surface area contributed by atoms with E-state index in [2.05, 4.69) is 5.32 Å². The van der Waals surface area contributed by atoms with Crippen LogP contribution in [-0.2, 0) is 14.3 Å². The molecule has 2 aliphatic heterocycles.